The summed E-state index contributed by atoms with van der Waals surface area (Å²) in [7, 11) is 0. The standard InChI is InChI=1S/C8H13NO2S/c10-8(7-2-1-3-12-7)9-6-4-11-5-6/h6-7H,1-5H2,(H,9,10). The van der Waals surface area contributed by atoms with Gasteiger partial charge in [0.05, 0.1) is 24.5 Å². The van der Waals surface area contributed by atoms with E-state index in [0.717, 1.165) is 12.2 Å². The van der Waals surface area contributed by atoms with Crippen LogP contribution in [0.5, 0.6) is 0 Å². The Hall–Kier alpha value is -0.220. The first kappa shape index (κ1) is 8.38. The van der Waals surface area contributed by atoms with Crippen molar-refractivity contribution in [3.63, 3.8) is 0 Å². The van der Waals surface area contributed by atoms with Gasteiger partial charge in [-0.05, 0) is 18.6 Å². The Morgan fingerprint density at radius 1 is 1.50 bits per heavy atom. The van der Waals surface area contributed by atoms with Crippen LogP contribution >= 0.6 is 11.8 Å². The first-order valence-corrected chi connectivity index (χ1v) is 5.41. The number of carbonyl (C=O) groups is 1. The summed E-state index contributed by atoms with van der Waals surface area (Å²) in [5.41, 5.74) is 0. The molecule has 68 valence electrons. The highest BCUT2D eigenvalue weighted by atomic mass is 32.2. The molecule has 2 aliphatic heterocycles. The minimum Gasteiger partial charge on any atom is -0.377 e. The molecule has 0 aromatic heterocycles. The topological polar surface area (TPSA) is 38.3 Å². The van der Waals surface area contributed by atoms with Gasteiger partial charge in [0.2, 0.25) is 5.91 Å². The Morgan fingerprint density at radius 3 is 2.83 bits per heavy atom. The zero-order chi connectivity index (χ0) is 8.39. The minimum absolute atomic E-state index is 0.214. The molecule has 0 saturated carbocycles. The number of hydrogen-bond acceptors (Lipinski definition) is 3. The van der Waals surface area contributed by atoms with Crippen LogP contribution in [0, 0.1) is 0 Å². The van der Waals surface area contributed by atoms with E-state index in [9.17, 15) is 4.79 Å². The number of ether oxygens (including phenoxy) is 1. The molecule has 0 aromatic rings. The van der Waals surface area contributed by atoms with Gasteiger partial charge in [0, 0.05) is 0 Å². The van der Waals surface area contributed by atoms with E-state index in [4.69, 9.17) is 4.74 Å². The van der Waals surface area contributed by atoms with Crippen LogP contribution in [-0.2, 0) is 9.53 Å². The summed E-state index contributed by atoms with van der Waals surface area (Å²) in [5, 5.41) is 3.19. The van der Waals surface area contributed by atoms with Crippen LogP contribution < -0.4 is 5.32 Å². The second kappa shape index (κ2) is 3.66. The van der Waals surface area contributed by atoms with Crippen molar-refractivity contribution in [3.8, 4) is 0 Å². The Kier molecular flexibility index (Phi) is 2.56. The van der Waals surface area contributed by atoms with Gasteiger partial charge < -0.3 is 10.1 Å². The van der Waals surface area contributed by atoms with Gasteiger partial charge in [-0.15, -0.1) is 11.8 Å². The average molecular weight is 187 g/mol. The molecule has 2 aliphatic rings. The Morgan fingerprint density at radius 2 is 2.33 bits per heavy atom. The smallest absolute Gasteiger partial charge is 0.233 e. The second-order valence-electron chi connectivity index (χ2n) is 3.24. The molecule has 1 N–H and O–H groups in total. The summed E-state index contributed by atoms with van der Waals surface area (Å²) < 4.78 is 4.98. The lowest BCUT2D eigenvalue weighted by Gasteiger charge is -2.27. The first-order chi connectivity index (χ1) is 5.86. The van der Waals surface area contributed by atoms with Gasteiger partial charge in [0.1, 0.15) is 0 Å². The van der Waals surface area contributed by atoms with Gasteiger partial charge in [-0.25, -0.2) is 0 Å². The lowest BCUT2D eigenvalue weighted by atomic mass is 10.2. The number of amides is 1. The Labute approximate surface area is 76.2 Å². The zero-order valence-electron chi connectivity index (χ0n) is 6.91. The largest absolute Gasteiger partial charge is 0.377 e. The Bertz CT molecular complexity index is 176. The van der Waals surface area contributed by atoms with E-state index in [0.29, 0.717) is 19.3 Å². The van der Waals surface area contributed by atoms with Crippen molar-refractivity contribution >= 4 is 17.7 Å². The number of nitrogens with one attached hydrogen (secondary N) is 1. The van der Waals surface area contributed by atoms with Gasteiger partial charge in [-0.3, -0.25) is 4.79 Å². The molecule has 12 heavy (non-hydrogen) atoms. The van der Waals surface area contributed by atoms with Crippen molar-refractivity contribution < 1.29 is 9.53 Å². The monoisotopic (exact) mass is 187 g/mol. The van der Waals surface area contributed by atoms with Crippen LogP contribution in [0.1, 0.15) is 12.8 Å². The highest BCUT2D eigenvalue weighted by molar-refractivity contribution is 8.00. The molecule has 0 radical (unpaired) electrons. The maximum atomic E-state index is 11.5. The number of carbonyl (C=O) groups excluding carboxylic acids is 1. The maximum absolute atomic E-state index is 11.5. The molecule has 4 heteroatoms. The predicted molar refractivity (Wildman–Crippen MR) is 48.2 cm³/mol. The van der Waals surface area contributed by atoms with Gasteiger partial charge in [0.15, 0.2) is 0 Å². The third-order valence-electron chi connectivity index (χ3n) is 2.21. The molecule has 1 amide bonds. The van der Waals surface area contributed by atoms with Crippen molar-refractivity contribution in [3.05, 3.63) is 0 Å². The molecule has 2 heterocycles. The van der Waals surface area contributed by atoms with Crippen molar-refractivity contribution in [2.24, 2.45) is 0 Å². The SMILES string of the molecule is O=C(NC1COC1)C1CCCS1. The molecule has 2 fully saturated rings. The number of rotatable bonds is 2. The predicted octanol–water partition coefficient (Wildman–Crippen LogP) is 0.397. The zero-order valence-corrected chi connectivity index (χ0v) is 7.73. The summed E-state index contributed by atoms with van der Waals surface area (Å²) >= 11 is 1.77. The fraction of sp³-hybridized carbons (Fsp3) is 0.875. The minimum atomic E-state index is 0.214. The van der Waals surface area contributed by atoms with E-state index in [1.165, 1.54) is 6.42 Å². The van der Waals surface area contributed by atoms with E-state index in [-0.39, 0.29) is 11.2 Å². The summed E-state index contributed by atoms with van der Waals surface area (Å²) in [5.74, 6) is 1.35. The number of thioether (sulfide) groups is 1. The highest BCUT2D eigenvalue weighted by Crippen LogP contribution is 2.26. The van der Waals surface area contributed by atoms with Crippen LogP contribution in [0.15, 0.2) is 0 Å². The molecule has 1 atom stereocenters. The van der Waals surface area contributed by atoms with Crippen LogP contribution in [0.2, 0.25) is 0 Å². The molecule has 0 aliphatic carbocycles. The lowest BCUT2D eigenvalue weighted by molar-refractivity contribution is -0.124. The Balaban J connectivity index is 1.74. The van der Waals surface area contributed by atoms with Crippen LogP contribution in [0.4, 0.5) is 0 Å². The van der Waals surface area contributed by atoms with Crippen molar-refractivity contribution in [1.29, 1.82) is 0 Å². The van der Waals surface area contributed by atoms with Crippen LogP contribution in [-0.4, -0.2) is 36.2 Å². The summed E-state index contributed by atoms with van der Waals surface area (Å²) in [4.78, 5) is 11.5. The summed E-state index contributed by atoms with van der Waals surface area (Å²) in [6.07, 6.45) is 2.23. The van der Waals surface area contributed by atoms with Crippen LogP contribution in [0.3, 0.4) is 0 Å². The molecule has 0 bridgehead atoms. The maximum Gasteiger partial charge on any atom is 0.233 e. The third kappa shape index (κ3) is 1.75. The average Bonchev–Trinajstić information content (AvgIpc) is 2.47. The van der Waals surface area contributed by atoms with Gasteiger partial charge >= 0.3 is 0 Å². The third-order valence-corrected chi connectivity index (χ3v) is 3.58. The van der Waals surface area contributed by atoms with E-state index in [2.05, 4.69) is 5.32 Å². The van der Waals surface area contributed by atoms with E-state index < -0.39 is 0 Å². The van der Waals surface area contributed by atoms with Crippen molar-refractivity contribution in [1.82, 2.24) is 5.32 Å². The molecule has 1 unspecified atom stereocenters. The van der Waals surface area contributed by atoms with Gasteiger partial charge in [-0.1, -0.05) is 0 Å². The fourth-order valence-corrected chi connectivity index (χ4v) is 2.57. The van der Waals surface area contributed by atoms with Crippen molar-refractivity contribution in [2.75, 3.05) is 19.0 Å². The van der Waals surface area contributed by atoms with Crippen molar-refractivity contribution in [2.45, 2.75) is 24.1 Å². The van der Waals surface area contributed by atoms with Crippen LogP contribution in [0.25, 0.3) is 0 Å². The fourth-order valence-electron chi connectivity index (χ4n) is 1.40. The van der Waals surface area contributed by atoms with E-state index in [1.54, 1.807) is 11.8 Å². The molecular formula is C8H13NO2S. The molecule has 2 saturated heterocycles. The first-order valence-electron chi connectivity index (χ1n) is 4.36. The highest BCUT2D eigenvalue weighted by Gasteiger charge is 2.27. The molecule has 2 rings (SSSR count). The molecule has 0 aromatic carbocycles. The van der Waals surface area contributed by atoms with E-state index >= 15 is 0 Å². The molecule has 3 nitrogen and oxygen atoms in total. The summed E-state index contributed by atoms with van der Waals surface area (Å²) in [6.45, 7) is 1.40. The second-order valence-corrected chi connectivity index (χ2v) is 4.56. The quantitative estimate of drug-likeness (QED) is 0.680. The molecule has 0 spiro atoms. The lowest BCUT2D eigenvalue weighted by Crippen LogP contribution is -2.50. The van der Waals surface area contributed by atoms with E-state index in [1.807, 2.05) is 0 Å². The summed E-state index contributed by atoms with van der Waals surface area (Å²) in [6, 6.07) is 0.290. The van der Waals surface area contributed by atoms with Gasteiger partial charge in [0.25, 0.3) is 0 Å². The number of hydrogen-bond donors (Lipinski definition) is 1. The normalized spacial score (nSPS) is 29.8. The van der Waals surface area contributed by atoms with Gasteiger partial charge in [-0.2, -0.15) is 0 Å². The molecular weight excluding hydrogens is 174 g/mol.